The van der Waals surface area contributed by atoms with Gasteiger partial charge in [0.15, 0.2) is 0 Å². The summed E-state index contributed by atoms with van der Waals surface area (Å²) in [5, 5.41) is 18.1. The van der Waals surface area contributed by atoms with E-state index in [-0.39, 0.29) is 4.48 Å². The van der Waals surface area contributed by atoms with Crippen LogP contribution in [0.25, 0.3) is 0 Å². The molecule has 1 rings (SSSR count). The molecule has 1 aromatic heterocycles. The van der Waals surface area contributed by atoms with Crippen LogP contribution >= 0.6 is 11.6 Å². The average molecular weight is 354 g/mol. The molecule has 0 bridgehead atoms. The fourth-order valence-electron chi connectivity index (χ4n) is 1.24. The Bertz CT molecular complexity index is 502. The summed E-state index contributed by atoms with van der Waals surface area (Å²) < 4.78 is 38.6. The molecule has 0 aliphatic heterocycles. The Morgan fingerprint density at radius 1 is 1.58 bits per heavy atom. The number of aromatic nitrogens is 1. The summed E-state index contributed by atoms with van der Waals surface area (Å²) in [5.74, 6) is 0. The first kappa shape index (κ1) is 16.3. The summed E-state index contributed by atoms with van der Waals surface area (Å²) in [6.07, 6.45) is -4.66. The van der Waals surface area contributed by atoms with E-state index in [1.165, 1.54) is 6.07 Å². The van der Waals surface area contributed by atoms with Crippen molar-refractivity contribution in [2.24, 2.45) is 0 Å². The van der Waals surface area contributed by atoms with Crippen molar-refractivity contribution in [2.75, 3.05) is 0 Å². The van der Waals surface area contributed by atoms with E-state index in [1.807, 2.05) is 0 Å². The molecule has 19 heavy (non-hydrogen) atoms. The third-order valence-electron chi connectivity index (χ3n) is 2.31. The van der Waals surface area contributed by atoms with Gasteiger partial charge in [-0.2, -0.15) is 0 Å². The van der Waals surface area contributed by atoms with Crippen molar-refractivity contribution in [1.82, 2.24) is 4.98 Å². The number of alkyl halides is 3. The summed E-state index contributed by atoms with van der Waals surface area (Å²) in [6, 6.07) is 2.27. The summed E-state index contributed by atoms with van der Waals surface area (Å²) in [7, 11) is 0. The first-order chi connectivity index (χ1) is 8.79. The molecule has 1 unspecified atom stereocenters. The van der Waals surface area contributed by atoms with Gasteiger partial charge >= 0.3 is 120 Å². The predicted octanol–water partition coefficient (Wildman–Crippen LogP) is 2.14. The molecule has 1 aromatic rings. The zero-order valence-corrected chi connectivity index (χ0v) is 12.5. The van der Waals surface area contributed by atoms with Crippen LogP contribution in [0.4, 0.5) is 13.2 Å². The normalized spacial score (nSPS) is 13.7. The molecule has 0 saturated carbocycles. The number of nitriles is 1. The SMILES string of the molecule is CCC(O)C[As]c1cc(C(F)(F)F)c(C#N)c(Cl)n1. The minimum absolute atomic E-state index is 0.208. The molecule has 0 saturated heterocycles. The first-order valence-corrected chi connectivity index (χ1v) is 7.97. The van der Waals surface area contributed by atoms with E-state index >= 15 is 0 Å². The number of rotatable bonds is 4. The molecule has 0 amide bonds. The number of pyridine rings is 1. The van der Waals surface area contributed by atoms with Gasteiger partial charge in [-0.1, -0.05) is 0 Å². The monoisotopic (exact) mass is 353 g/mol. The number of aliphatic hydroxyl groups excluding tert-OH is 1. The molecule has 0 aliphatic carbocycles. The summed E-state index contributed by atoms with van der Waals surface area (Å²) in [6.45, 7) is 1.78. The standard InChI is InChI=1S/C11H10AsClF3N2O/c1-2-6(19)4-12-9-3-8(11(14,15)16)7(5-17)10(13)18-9/h3,6,19H,2,4H2,1H3. The van der Waals surface area contributed by atoms with Crippen molar-refractivity contribution in [1.29, 1.82) is 5.26 Å². The van der Waals surface area contributed by atoms with Gasteiger partial charge in [-0.05, 0) is 0 Å². The van der Waals surface area contributed by atoms with Crippen molar-refractivity contribution >= 4 is 31.8 Å². The molecule has 3 nitrogen and oxygen atoms in total. The Labute approximate surface area is 120 Å². The van der Waals surface area contributed by atoms with Gasteiger partial charge in [0, 0.05) is 0 Å². The van der Waals surface area contributed by atoms with Gasteiger partial charge in [0.05, 0.1) is 0 Å². The first-order valence-electron chi connectivity index (χ1n) is 5.33. The average Bonchev–Trinajstić information content (AvgIpc) is 2.34. The molecule has 0 fully saturated rings. The zero-order valence-electron chi connectivity index (χ0n) is 9.87. The quantitative estimate of drug-likeness (QED) is 0.666. The number of hydrogen-bond acceptors (Lipinski definition) is 3. The fraction of sp³-hybridized carbons (Fsp3) is 0.455. The third-order valence-corrected chi connectivity index (χ3v) is 5.02. The number of aliphatic hydroxyl groups is 1. The second-order valence-corrected chi connectivity index (χ2v) is 6.46. The Morgan fingerprint density at radius 2 is 2.21 bits per heavy atom. The van der Waals surface area contributed by atoms with Crippen LogP contribution in [0, 0.1) is 11.3 Å². The Balaban J connectivity index is 3.11. The van der Waals surface area contributed by atoms with Crippen LogP contribution in [0.3, 0.4) is 0 Å². The van der Waals surface area contributed by atoms with Gasteiger partial charge in [0.25, 0.3) is 0 Å². The molecule has 8 heteroatoms. The van der Waals surface area contributed by atoms with Gasteiger partial charge in [-0.15, -0.1) is 0 Å². The number of nitrogens with zero attached hydrogens (tertiary/aromatic N) is 2. The van der Waals surface area contributed by atoms with Crippen molar-refractivity contribution in [2.45, 2.75) is 30.8 Å². The second kappa shape index (κ2) is 6.60. The number of halogens is 4. The Morgan fingerprint density at radius 3 is 2.68 bits per heavy atom. The van der Waals surface area contributed by atoms with Crippen molar-refractivity contribution in [3.05, 3.63) is 22.3 Å². The maximum absolute atomic E-state index is 12.8. The molecule has 1 N–H and O–H groups in total. The van der Waals surface area contributed by atoms with Gasteiger partial charge < -0.3 is 0 Å². The van der Waals surface area contributed by atoms with Crippen LogP contribution in [0.5, 0.6) is 0 Å². The molecule has 1 atom stereocenters. The number of hydrogen-bond donors (Lipinski definition) is 1. The Kier molecular flexibility index (Phi) is 5.66. The van der Waals surface area contributed by atoms with E-state index in [4.69, 9.17) is 16.9 Å². The van der Waals surface area contributed by atoms with E-state index in [0.717, 1.165) is 6.07 Å². The predicted molar refractivity (Wildman–Crippen MR) is 65.5 cm³/mol. The molecule has 103 valence electrons. The van der Waals surface area contributed by atoms with Crippen LogP contribution in [0.15, 0.2) is 6.07 Å². The van der Waals surface area contributed by atoms with Gasteiger partial charge in [0.1, 0.15) is 0 Å². The molecule has 0 spiro atoms. The van der Waals surface area contributed by atoms with Crippen LogP contribution in [-0.2, 0) is 6.18 Å². The zero-order chi connectivity index (χ0) is 14.6. The van der Waals surface area contributed by atoms with Crippen LogP contribution in [0.1, 0.15) is 24.5 Å². The van der Waals surface area contributed by atoms with Crippen LogP contribution in [0.2, 0.25) is 10.4 Å². The minimum atomic E-state index is -4.64. The van der Waals surface area contributed by atoms with Crippen molar-refractivity contribution in [3.63, 3.8) is 0 Å². The third kappa shape index (κ3) is 4.38. The summed E-state index contributed by atoms with van der Waals surface area (Å²) in [4.78, 5) is 3.80. The van der Waals surface area contributed by atoms with E-state index in [2.05, 4.69) is 4.98 Å². The molecule has 1 heterocycles. The molecule has 1 radical (unpaired) electrons. The molecular weight excluding hydrogens is 344 g/mol. The van der Waals surface area contributed by atoms with E-state index in [0.29, 0.717) is 11.6 Å². The molecule has 0 aliphatic rings. The van der Waals surface area contributed by atoms with Crippen molar-refractivity contribution < 1.29 is 18.3 Å². The maximum atomic E-state index is 12.8. The van der Waals surface area contributed by atoms with Gasteiger partial charge in [-0.25, -0.2) is 0 Å². The molecular formula is C11H10AsClF3N2O. The topological polar surface area (TPSA) is 56.9 Å². The fourth-order valence-corrected chi connectivity index (χ4v) is 3.80. The summed E-state index contributed by atoms with van der Waals surface area (Å²) in [5.41, 5.74) is -1.72. The van der Waals surface area contributed by atoms with Crippen LogP contribution < -0.4 is 4.48 Å². The second-order valence-electron chi connectivity index (χ2n) is 3.71. The summed E-state index contributed by atoms with van der Waals surface area (Å²) >= 11 is 4.89. The van der Waals surface area contributed by atoms with E-state index in [1.54, 1.807) is 6.92 Å². The molecule has 0 aromatic carbocycles. The Hall–Kier alpha value is -0.762. The van der Waals surface area contributed by atoms with E-state index in [9.17, 15) is 18.3 Å². The van der Waals surface area contributed by atoms with Gasteiger partial charge in [-0.3, -0.25) is 0 Å². The van der Waals surface area contributed by atoms with Crippen LogP contribution in [-0.4, -0.2) is 31.9 Å². The van der Waals surface area contributed by atoms with Gasteiger partial charge in [0.2, 0.25) is 0 Å². The van der Waals surface area contributed by atoms with Crippen molar-refractivity contribution in [3.8, 4) is 6.07 Å². The van der Waals surface area contributed by atoms with E-state index < -0.39 is 44.3 Å².